The maximum atomic E-state index is 12.7. The number of likely N-dealkylation sites (N-methyl/N-ethyl adjacent to an activating group) is 1. The molecular weight excluding hydrogens is 312 g/mol. The minimum atomic E-state index is -1.09. The molecule has 24 heavy (non-hydrogen) atoms. The van der Waals surface area contributed by atoms with Crippen LogP contribution in [-0.2, 0) is 14.4 Å². The van der Waals surface area contributed by atoms with Gasteiger partial charge in [-0.2, -0.15) is 0 Å². The number of aromatic nitrogens is 1. The standard InChI is InChI=1S/C16H22N4O4/c1-19(14(16(23)24)12-3-2-6-18-9-12)15(22)11-4-7-20(8-5-11)10-13(17)21/h2-3,6,9,11,14H,4-5,7-8,10H2,1H3,(H2,17,21)(H,23,24)/t14-/m1/s1. The van der Waals surface area contributed by atoms with Crippen molar-refractivity contribution in [1.29, 1.82) is 0 Å². The molecule has 130 valence electrons. The van der Waals surface area contributed by atoms with E-state index in [-0.39, 0.29) is 24.3 Å². The Morgan fingerprint density at radius 3 is 2.58 bits per heavy atom. The van der Waals surface area contributed by atoms with E-state index < -0.39 is 12.0 Å². The zero-order chi connectivity index (χ0) is 17.7. The number of nitrogens with two attached hydrogens (primary N) is 1. The third-order valence-electron chi connectivity index (χ3n) is 4.29. The lowest BCUT2D eigenvalue weighted by molar-refractivity contribution is -0.151. The topological polar surface area (TPSA) is 117 Å². The molecule has 0 aliphatic carbocycles. The molecule has 8 heteroatoms. The van der Waals surface area contributed by atoms with Crippen LogP contribution >= 0.6 is 0 Å². The SMILES string of the molecule is CN(C(=O)C1CCN(CC(N)=O)CC1)[C@@H](C(=O)O)c1cccnc1. The molecule has 0 bridgehead atoms. The Morgan fingerprint density at radius 1 is 1.42 bits per heavy atom. The summed E-state index contributed by atoms with van der Waals surface area (Å²) in [7, 11) is 1.50. The van der Waals surface area contributed by atoms with Crippen molar-refractivity contribution in [3.05, 3.63) is 30.1 Å². The summed E-state index contributed by atoms with van der Waals surface area (Å²) < 4.78 is 0. The van der Waals surface area contributed by atoms with Crippen LogP contribution in [-0.4, -0.2) is 64.4 Å². The molecule has 1 aliphatic heterocycles. The van der Waals surface area contributed by atoms with Crippen molar-refractivity contribution in [2.45, 2.75) is 18.9 Å². The van der Waals surface area contributed by atoms with Gasteiger partial charge in [-0.1, -0.05) is 6.07 Å². The number of aliphatic carboxylic acids is 1. The summed E-state index contributed by atoms with van der Waals surface area (Å²) in [4.78, 5) is 42.3. The molecule has 1 saturated heterocycles. The highest BCUT2D eigenvalue weighted by Gasteiger charge is 2.34. The minimum absolute atomic E-state index is 0.185. The second-order valence-electron chi connectivity index (χ2n) is 5.99. The van der Waals surface area contributed by atoms with Gasteiger partial charge in [0.2, 0.25) is 11.8 Å². The lowest BCUT2D eigenvalue weighted by Crippen LogP contribution is -2.45. The van der Waals surface area contributed by atoms with Crippen LogP contribution in [0.5, 0.6) is 0 Å². The lowest BCUT2D eigenvalue weighted by Gasteiger charge is -2.34. The molecular formula is C16H22N4O4. The van der Waals surface area contributed by atoms with Crippen molar-refractivity contribution in [1.82, 2.24) is 14.8 Å². The number of nitrogens with zero attached hydrogens (tertiary/aromatic N) is 3. The fourth-order valence-electron chi connectivity index (χ4n) is 3.04. The van der Waals surface area contributed by atoms with Gasteiger partial charge in [0.05, 0.1) is 6.54 Å². The molecule has 1 atom stereocenters. The molecule has 0 aromatic carbocycles. The Kier molecular flexibility index (Phi) is 5.86. The number of amides is 2. The second kappa shape index (κ2) is 7.87. The van der Waals surface area contributed by atoms with Gasteiger partial charge < -0.3 is 15.7 Å². The van der Waals surface area contributed by atoms with Gasteiger partial charge in [0.15, 0.2) is 6.04 Å². The van der Waals surface area contributed by atoms with E-state index in [1.165, 1.54) is 18.1 Å². The van der Waals surface area contributed by atoms with Gasteiger partial charge in [-0.15, -0.1) is 0 Å². The van der Waals surface area contributed by atoms with Crippen LogP contribution in [0, 0.1) is 5.92 Å². The highest BCUT2D eigenvalue weighted by atomic mass is 16.4. The maximum Gasteiger partial charge on any atom is 0.331 e. The Hall–Kier alpha value is -2.48. The molecule has 2 amide bonds. The van der Waals surface area contributed by atoms with E-state index >= 15 is 0 Å². The first-order valence-electron chi connectivity index (χ1n) is 7.80. The summed E-state index contributed by atoms with van der Waals surface area (Å²) in [6, 6.07) is 2.23. The normalized spacial score (nSPS) is 17.2. The summed E-state index contributed by atoms with van der Waals surface area (Å²) in [5.74, 6) is -1.94. The largest absolute Gasteiger partial charge is 0.479 e. The van der Waals surface area contributed by atoms with Crippen LogP contribution < -0.4 is 5.73 Å². The maximum absolute atomic E-state index is 12.7. The lowest BCUT2D eigenvalue weighted by atomic mass is 9.94. The van der Waals surface area contributed by atoms with Crippen molar-refractivity contribution in [3.63, 3.8) is 0 Å². The smallest absolute Gasteiger partial charge is 0.331 e. The van der Waals surface area contributed by atoms with Gasteiger partial charge in [-0.25, -0.2) is 4.79 Å². The summed E-state index contributed by atoms with van der Waals surface area (Å²) >= 11 is 0. The van der Waals surface area contributed by atoms with Crippen molar-refractivity contribution in [3.8, 4) is 0 Å². The van der Waals surface area contributed by atoms with E-state index in [1.807, 2.05) is 4.90 Å². The summed E-state index contributed by atoms with van der Waals surface area (Å²) in [6.07, 6.45) is 4.17. The molecule has 0 spiro atoms. The van der Waals surface area contributed by atoms with Crippen LogP contribution in [0.1, 0.15) is 24.4 Å². The number of carbonyl (C=O) groups is 3. The average molecular weight is 334 g/mol. The van der Waals surface area contributed by atoms with Crippen LogP contribution in [0.3, 0.4) is 0 Å². The third-order valence-corrected chi connectivity index (χ3v) is 4.29. The van der Waals surface area contributed by atoms with Crippen LogP contribution in [0.2, 0.25) is 0 Å². The molecule has 0 saturated carbocycles. The van der Waals surface area contributed by atoms with Crippen molar-refractivity contribution in [2.24, 2.45) is 11.7 Å². The fourth-order valence-corrected chi connectivity index (χ4v) is 3.04. The predicted molar refractivity (Wildman–Crippen MR) is 85.7 cm³/mol. The highest BCUT2D eigenvalue weighted by Crippen LogP contribution is 2.25. The first-order chi connectivity index (χ1) is 11.4. The number of rotatable bonds is 6. The van der Waals surface area contributed by atoms with Crippen LogP contribution in [0.15, 0.2) is 24.5 Å². The summed E-state index contributed by atoms with van der Waals surface area (Å²) in [5, 5.41) is 9.50. The quantitative estimate of drug-likeness (QED) is 0.748. The van der Waals surface area contributed by atoms with Gasteiger partial charge in [-0.3, -0.25) is 19.5 Å². The fraction of sp³-hybridized carbons (Fsp3) is 0.500. The second-order valence-corrected chi connectivity index (χ2v) is 5.99. The van der Waals surface area contributed by atoms with E-state index in [2.05, 4.69) is 4.98 Å². The number of carboxylic acids is 1. The average Bonchev–Trinajstić information content (AvgIpc) is 2.55. The van der Waals surface area contributed by atoms with E-state index in [0.29, 0.717) is 31.5 Å². The Morgan fingerprint density at radius 2 is 2.08 bits per heavy atom. The number of piperidine rings is 1. The molecule has 0 radical (unpaired) electrons. The molecule has 8 nitrogen and oxygen atoms in total. The van der Waals surface area contributed by atoms with Gasteiger partial charge in [0, 0.05) is 30.9 Å². The zero-order valence-corrected chi connectivity index (χ0v) is 13.6. The molecule has 1 fully saturated rings. The van der Waals surface area contributed by atoms with Gasteiger partial charge >= 0.3 is 5.97 Å². The van der Waals surface area contributed by atoms with Crippen molar-refractivity contribution >= 4 is 17.8 Å². The number of carboxylic acid groups (broad SMARTS) is 1. The first kappa shape index (κ1) is 17.9. The number of likely N-dealkylation sites (tertiary alicyclic amines) is 1. The molecule has 2 heterocycles. The molecule has 0 unspecified atom stereocenters. The number of hydrogen-bond donors (Lipinski definition) is 2. The first-order valence-corrected chi connectivity index (χ1v) is 7.80. The van der Waals surface area contributed by atoms with Crippen molar-refractivity contribution < 1.29 is 19.5 Å². The van der Waals surface area contributed by atoms with Gasteiger partial charge in [0.1, 0.15) is 0 Å². The molecule has 2 rings (SSSR count). The minimum Gasteiger partial charge on any atom is -0.479 e. The Bertz CT molecular complexity index is 599. The molecule has 1 aliphatic rings. The third kappa shape index (κ3) is 4.29. The summed E-state index contributed by atoms with van der Waals surface area (Å²) in [5.41, 5.74) is 5.64. The zero-order valence-electron chi connectivity index (χ0n) is 13.6. The van der Waals surface area contributed by atoms with Crippen LogP contribution in [0.25, 0.3) is 0 Å². The van der Waals surface area contributed by atoms with Gasteiger partial charge in [-0.05, 0) is 32.0 Å². The van der Waals surface area contributed by atoms with Gasteiger partial charge in [0.25, 0.3) is 0 Å². The van der Waals surface area contributed by atoms with E-state index in [0.717, 1.165) is 0 Å². The highest BCUT2D eigenvalue weighted by molar-refractivity contribution is 5.85. The Balaban J connectivity index is 2.03. The van der Waals surface area contributed by atoms with Crippen LogP contribution in [0.4, 0.5) is 0 Å². The monoisotopic (exact) mass is 334 g/mol. The number of hydrogen-bond acceptors (Lipinski definition) is 5. The van der Waals surface area contributed by atoms with E-state index in [4.69, 9.17) is 5.73 Å². The van der Waals surface area contributed by atoms with E-state index in [1.54, 1.807) is 18.3 Å². The van der Waals surface area contributed by atoms with E-state index in [9.17, 15) is 19.5 Å². The van der Waals surface area contributed by atoms with Crippen molar-refractivity contribution in [2.75, 3.05) is 26.7 Å². The molecule has 1 aromatic rings. The Labute approximate surface area is 140 Å². The predicted octanol–water partition coefficient (Wildman–Crippen LogP) is -0.137. The number of pyridine rings is 1. The summed E-state index contributed by atoms with van der Waals surface area (Å²) in [6.45, 7) is 1.37. The molecule has 3 N–H and O–H groups in total. The number of primary amides is 1. The molecule has 1 aromatic heterocycles. The number of carbonyl (C=O) groups excluding carboxylic acids is 2.